The Hall–Kier alpha value is -2.20. The van der Waals surface area contributed by atoms with E-state index in [9.17, 15) is 14.7 Å². The van der Waals surface area contributed by atoms with E-state index in [1.807, 2.05) is 25.1 Å². The van der Waals surface area contributed by atoms with E-state index in [4.69, 9.17) is 9.47 Å². The van der Waals surface area contributed by atoms with E-state index in [2.05, 4.69) is 29.1 Å². The minimum absolute atomic E-state index is 0.0407. The second-order valence-electron chi connectivity index (χ2n) is 11.1. The van der Waals surface area contributed by atoms with Crippen LogP contribution in [0.15, 0.2) is 18.2 Å². The Kier molecular flexibility index (Phi) is 9.81. The quantitative estimate of drug-likeness (QED) is 0.490. The molecule has 1 aromatic carbocycles. The lowest BCUT2D eigenvalue weighted by molar-refractivity contribution is -0.134. The van der Waals surface area contributed by atoms with Crippen LogP contribution in [0.3, 0.4) is 0 Å². The van der Waals surface area contributed by atoms with E-state index in [0.717, 1.165) is 37.7 Å². The smallest absolute Gasteiger partial charge is 0.227 e. The standard InChI is InChI=1S/C28H44N4O5/c1-20-16-32(21(2)19-33)28(35)15-23-14-24(29-27(34)8-9-31-10-12-36-13-11-31)6-7-25(23)37-26(20)18-30(3)17-22-4-5-22/h6-7,14,20-22,26,33H,4-5,8-13,15-19H2,1-3H3,(H,29,34)/t20-,21+,26-/m0/s1. The van der Waals surface area contributed by atoms with Crippen LogP contribution in [0.2, 0.25) is 0 Å². The predicted molar refractivity (Wildman–Crippen MR) is 143 cm³/mol. The number of hydrogen-bond donors (Lipinski definition) is 2. The first-order valence-electron chi connectivity index (χ1n) is 13.8. The number of morpholine rings is 1. The van der Waals surface area contributed by atoms with Crippen LogP contribution in [0.5, 0.6) is 5.75 Å². The predicted octanol–water partition coefficient (Wildman–Crippen LogP) is 1.84. The second-order valence-corrected chi connectivity index (χ2v) is 11.1. The number of benzene rings is 1. The maximum atomic E-state index is 13.4. The lowest BCUT2D eigenvalue weighted by Crippen LogP contribution is -2.47. The van der Waals surface area contributed by atoms with Gasteiger partial charge in [0, 0.05) is 62.9 Å². The Labute approximate surface area is 221 Å². The van der Waals surface area contributed by atoms with Gasteiger partial charge in [0.05, 0.1) is 32.3 Å². The lowest BCUT2D eigenvalue weighted by atomic mass is 10.0. The number of hydrogen-bond acceptors (Lipinski definition) is 7. The Morgan fingerprint density at radius 1 is 1.24 bits per heavy atom. The van der Waals surface area contributed by atoms with Crippen LogP contribution < -0.4 is 10.1 Å². The van der Waals surface area contributed by atoms with Crippen molar-refractivity contribution in [2.24, 2.45) is 11.8 Å². The minimum Gasteiger partial charge on any atom is -0.488 e. The van der Waals surface area contributed by atoms with Gasteiger partial charge in [0.2, 0.25) is 11.8 Å². The van der Waals surface area contributed by atoms with Gasteiger partial charge < -0.3 is 29.7 Å². The topological polar surface area (TPSA) is 94.6 Å². The highest BCUT2D eigenvalue weighted by atomic mass is 16.5. The van der Waals surface area contributed by atoms with Gasteiger partial charge in [0.1, 0.15) is 11.9 Å². The Morgan fingerprint density at radius 2 is 2.00 bits per heavy atom. The van der Waals surface area contributed by atoms with Crippen LogP contribution in [0.1, 0.15) is 38.7 Å². The molecular formula is C28H44N4O5. The molecule has 2 heterocycles. The molecule has 206 valence electrons. The third-order valence-corrected chi connectivity index (χ3v) is 7.72. The van der Waals surface area contributed by atoms with Gasteiger partial charge in [-0.05, 0) is 50.9 Å². The molecule has 0 spiro atoms. The van der Waals surface area contributed by atoms with Gasteiger partial charge in [-0.1, -0.05) is 6.92 Å². The lowest BCUT2D eigenvalue weighted by Gasteiger charge is -2.34. The molecule has 1 aromatic rings. The first-order chi connectivity index (χ1) is 17.8. The molecule has 2 fully saturated rings. The maximum Gasteiger partial charge on any atom is 0.227 e. The highest BCUT2D eigenvalue weighted by Gasteiger charge is 2.32. The molecule has 4 rings (SSSR count). The number of ether oxygens (including phenoxy) is 2. The van der Waals surface area contributed by atoms with Crippen LogP contribution in [0.4, 0.5) is 5.69 Å². The van der Waals surface area contributed by atoms with Crippen molar-refractivity contribution in [3.63, 3.8) is 0 Å². The van der Waals surface area contributed by atoms with Crippen molar-refractivity contribution in [1.82, 2.24) is 14.7 Å². The normalized spacial score (nSPS) is 24.0. The van der Waals surface area contributed by atoms with Crippen molar-refractivity contribution in [3.8, 4) is 5.75 Å². The van der Waals surface area contributed by atoms with Crippen molar-refractivity contribution < 1.29 is 24.2 Å². The Balaban J connectivity index is 1.48. The molecule has 3 atom stereocenters. The van der Waals surface area contributed by atoms with E-state index in [1.54, 1.807) is 4.90 Å². The third-order valence-electron chi connectivity index (χ3n) is 7.72. The van der Waals surface area contributed by atoms with Gasteiger partial charge in [-0.2, -0.15) is 0 Å². The number of fused-ring (bicyclic) bond motifs is 1. The van der Waals surface area contributed by atoms with Crippen LogP contribution >= 0.6 is 0 Å². The molecule has 1 saturated carbocycles. The summed E-state index contributed by atoms with van der Waals surface area (Å²) < 4.78 is 12.0. The molecule has 2 aliphatic heterocycles. The van der Waals surface area contributed by atoms with Crippen molar-refractivity contribution in [2.75, 3.05) is 71.5 Å². The zero-order valence-corrected chi connectivity index (χ0v) is 22.7. The van der Waals surface area contributed by atoms with E-state index in [1.165, 1.54) is 12.8 Å². The summed E-state index contributed by atoms with van der Waals surface area (Å²) in [4.78, 5) is 32.4. The number of amides is 2. The second kappa shape index (κ2) is 13.0. The number of carbonyl (C=O) groups excluding carboxylic acids is 2. The summed E-state index contributed by atoms with van der Waals surface area (Å²) in [6.07, 6.45) is 3.06. The van der Waals surface area contributed by atoms with Gasteiger partial charge in [-0.25, -0.2) is 0 Å². The number of aliphatic hydroxyl groups is 1. The largest absolute Gasteiger partial charge is 0.488 e. The van der Waals surface area contributed by atoms with Gasteiger partial charge in [-0.15, -0.1) is 0 Å². The van der Waals surface area contributed by atoms with Crippen molar-refractivity contribution >= 4 is 17.5 Å². The summed E-state index contributed by atoms with van der Waals surface area (Å²) in [5.41, 5.74) is 1.42. The summed E-state index contributed by atoms with van der Waals surface area (Å²) >= 11 is 0. The average molecular weight is 517 g/mol. The maximum absolute atomic E-state index is 13.4. The van der Waals surface area contributed by atoms with Crippen LogP contribution in [-0.4, -0.2) is 110 Å². The van der Waals surface area contributed by atoms with Crippen LogP contribution in [0, 0.1) is 11.8 Å². The number of anilines is 1. The van der Waals surface area contributed by atoms with Crippen LogP contribution in [-0.2, 0) is 20.7 Å². The van der Waals surface area contributed by atoms with E-state index >= 15 is 0 Å². The fourth-order valence-electron chi connectivity index (χ4n) is 5.16. The number of nitrogens with one attached hydrogen (secondary N) is 1. The summed E-state index contributed by atoms with van der Waals surface area (Å²) in [6, 6.07) is 5.33. The van der Waals surface area contributed by atoms with E-state index < -0.39 is 0 Å². The van der Waals surface area contributed by atoms with Gasteiger partial charge in [-0.3, -0.25) is 14.5 Å². The molecule has 1 saturated heterocycles. The van der Waals surface area contributed by atoms with Gasteiger partial charge >= 0.3 is 0 Å². The van der Waals surface area contributed by atoms with E-state index in [-0.39, 0.29) is 42.9 Å². The fourth-order valence-corrected chi connectivity index (χ4v) is 5.16. The highest BCUT2D eigenvalue weighted by Crippen LogP contribution is 2.31. The number of likely N-dealkylation sites (N-methyl/N-ethyl adjacent to an activating group) is 1. The highest BCUT2D eigenvalue weighted by molar-refractivity contribution is 5.91. The number of carbonyl (C=O) groups is 2. The van der Waals surface area contributed by atoms with E-state index in [0.29, 0.717) is 44.2 Å². The zero-order valence-electron chi connectivity index (χ0n) is 22.7. The van der Waals surface area contributed by atoms with Gasteiger partial charge in [0.25, 0.3) is 0 Å². The van der Waals surface area contributed by atoms with Crippen LogP contribution in [0.25, 0.3) is 0 Å². The monoisotopic (exact) mass is 516 g/mol. The Morgan fingerprint density at radius 3 is 2.70 bits per heavy atom. The number of nitrogens with zero attached hydrogens (tertiary/aromatic N) is 3. The summed E-state index contributed by atoms with van der Waals surface area (Å²) in [7, 11) is 2.14. The summed E-state index contributed by atoms with van der Waals surface area (Å²) in [5, 5.41) is 12.8. The zero-order chi connectivity index (χ0) is 26.4. The molecule has 9 nitrogen and oxygen atoms in total. The molecule has 0 aromatic heterocycles. The molecule has 0 unspecified atom stereocenters. The molecular weight excluding hydrogens is 472 g/mol. The Bertz CT molecular complexity index is 918. The van der Waals surface area contributed by atoms with Crippen molar-refractivity contribution in [1.29, 1.82) is 0 Å². The first-order valence-corrected chi connectivity index (χ1v) is 13.8. The van der Waals surface area contributed by atoms with Crippen molar-refractivity contribution in [2.45, 2.75) is 51.7 Å². The number of aliphatic hydroxyl groups excluding tert-OH is 1. The minimum atomic E-state index is -0.274. The number of rotatable bonds is 10. The SMILES string of the molecule is C[C@H](CO)N1C[C@H](C)[C@H](CN(C)CC2CC2)Oc2ccc(NC(=O)CCN3CCOCC3)cc2CC1=O. The molecule has 3 aliphatic rings. The van der Waals surface area contributed by atoms with Gasteiger partial charge in [0.15, 0.2) is 0 Å². The van der Waals surface area contributed by atoms with Crippen molar-refractivity contribution in [3.05, 3.63) is 23.8 Å². The summed E-state index contributed by atoms with van der Waals surface area (Å²) in [6.45, 7) is 10.1. The average Bonchev–Trinajstić information content (AvgIpc) is 3.70. The molecule has 0 bridgehead atoms. The molecule has 2 amide bonds. The molecule has 37 heavy (non-hydrogen) atoms. The molecule has 0 radical (unpaired) electrons. The summed E-state index contributed by atoms with van der Waals surface area (Å²) in [5.74, 6) is 1.47. The molecule has 2 N–H and O–H groups in total. The first kappa shape index (κ1) is 27.8. The fraction of sp³-hybridized carbons (Fsp3) is 0.714. The third kappa shape index (κ3) is 8.14. The molecule has 1 aliphatic carbocycles. The molecule has 9 heteroatoms.